The number of hydrogen-bond acceptors (Lipinski definition) is 3. The Morgan fingerprint density at radius 2 is 2.13 bits per heavy atom. The topological polar surface area (TPSA) is 72.2 Å². The fourth-order valence-electron chi connectivity index (χ4n) is 0.963. The minimum Gasteiger partial charge on any atom is -0.329 e. The smallest absolute Gasteiger partial charge is 0.243 e. The molecule has 0 saturated carbocycles. The lowest BCUT2D eigenvalue weighted by Gasteiger charge is -2.07. The highest BCUT2D eigenvalue weighted by Gasteiger charge is 2.19. The number of sulfonamides is 1. The van der Waals surface area contributed by atoms with Crippen LogP contribution in [-0.2, 0) is 10.0 Å². The molecule has 0 aromatic heterocycles. The van der Waals surface area contributed by atoms with Gasteiger partial charge in [0.2, 0.25) is 10.0 Å². The van der Waals surface area contributed by atoms with E-state index in [1.54, 1.807) is 0 Å². The lowest BCUT2D eigenvalue weighted by molar-refractivity contribution is 0.554. The maximum absolute atomic E-state index is 13.4. The number of hydrogen-bond donors (Lipinski definition) is 2. The van der Waals surface area contributed by atoms with Crippen molar-refractivity contribution in [1.82, 2.24) is 4.72 Å². The van der Waals surface area contributed by atoms with E-state index in [9.17, 15) is 12.8 Å². The average molecular weight is 297 g/mol. The predicted molar refractivity (Wildman–Crippen MR) is 58.3 cm³/mol. The van der Waals surface area contributed by atoms with Crippen LogP contribution < -0.4 is 10.5 Å². The van der Waals surface area contributed by atoms with Gasteiger partial charge in [0.25, 0.3) is 0 Å². The van der Waals surface area contributed by atoms with Crippen LogP contribution in [0.4, 0.5) is 4.39 Å². The Morgan fingerprint density at radius 3 is 2.73 bits per heavy atom. The molecule has 84 valence electrons. The summed E-state index contributed by atoms with van der Waals surface area (Å²) >= 11 is 2.91. The molecular weight excluding hydrogens is 287 g/mol. The first-order valence-corrected chi connectivity index (χ1v) is 6.40. The minimum absolute atomic E-state index is 0.0777. The summed E-state index contributed by atoms with van der Waals surface area (Å²) < 4.78 is 38.8. The molecular formula is C8H10BrFN2O2S. The van der Waals surface area contributed by atoms with E-state index in [-0.39, 0.29) is 22.5 Å². The Balaban J connectivity index is 3.10. The molecule has 0 amide bonds. The van der Waals surface area contributed by atoms with E-state index in [0.29, 0.717) is 0 Å². The lowest BCUT2D eigenvalue weighted by Crippen LogP contribution is -2.29. The van der Waals surface area contributed by atoms with Gasteiger partial charge in [-0.2, -0.15) is 0 Å². The minimum atomic E-state index is -3.81. The summed E-state index contributed by atoms with van der Waals surface area (Å²) in [5, 5.41) is 0. The quantitative estimate of drug-likeness (QED) is 0.864. The summed E-state index contributed by atoms with van der Waals surface area (Å²) in [7, 11) is -3.81. The van der Waals surface area contributed by atoms with Crippen LogP contribution >= 0.6 is 15.9 Å². The molecule has 0 aliphatic rings. The second kappa shape index (κ2) is 5.02. The molecule has 1 rings (SSSR count). The first-order chi connectivity index (χ1) is 6.99. The monoisotopic (exact) mass is 296 g/mol. The van der Waals surface area contributed by atoms with E-state index in [1.165, 1.54) is 18.2 Å². The molecule has 0 bridgehead atoms. The molecule has 3 N–H and O–H groups in total. The summed E-state index contributed by atoms with van der Waals surface area (Å²) in [6.45, 7) is 0.239. The second-order valence-electron chi connectivity index (χ2n) is 2.74. The van der Waals surface area contributed by atoms with Gasteiger partial charge in [0.15, 0.2) is 5.82 Å². The van der Waals surface area contributed by atoms with E-state index >= 15 is 0 Å². The molecule has 0 atom stereocenters. The van der Waals surface area contributed by atoms with Gasteiger partial charge in [0.05, 0.1) is 4.47 Å². The van der Waals surface area contributed by atoms with Crippen molar-refractivity contribution in [3.63, 3.8) is 0 Å². The normalized spacial score (nSPS) is 11.7. The van der Waals surface area contributed by atoms with Gasteiger partial charge in [-0.25, -0.2) is 17.5 Å². The highest BCUT2D eigenvalue weighted by molar-refractivity contribution is 9.10. The standard InChI is InChI=1S/C8H10BrFN2O2S/c9-6-2-1-3-7(8(6)10)15(13,14)12-5-4-11/h1-3,12H,4-5,11H2. The first-order valence-electron chi connectivity index (χ1n) is 4.13. The van der Waals surface area contributed by atoms with Crippen LogP contribution in [0.3, 0.4) is 0 Å². The Labute approximate surface area is 95.8 Å². The van der Waals surface area contributed by atoms with Gasteiger partial charge < -0.3 is 5.73 Å². The third-order valence-corrected chi connectivity index (χ3v) is 3.73. The van der Waals surface area contributed by atoms with Crippen molar-refractivity contribution in [2.24, 2.45) is 5.73 Å². The largest absolute Gasteiger partial charge is 0.329 e. The summed E-state index contributed by atoms with van der Waals surface area (Å²) in [6.07, 6.45) is 0. The summed E-state index contributed by atoms with van der Waals surface area (Å²) in [6, 6.07) is 4.07. The second-order valence-corrected chi connectivity index (χ2v) is 5.33. The molecule has 0 aliphatic heterocycles. The number of halogens is 2. The van der Waals surface area contributed by atoms with Crippen LogP contribution in [0.1, 0.15) is 0 Å². The Kier molecular flexibility index (Phi) is 4.21. The van der Waals surface area contributed by atoms with Crippen molar-refractivity contribution in [3.8, 4) is 0 Å². The zero-order valence-electron chi connectivity index (χ0n) is 7.70. The molecule has 0 spiro atoms. The fraction of sp³-hybridized carbons (Fsp3) is 0.250. The molecule has 0 heterocycles. The summed E-state index contributed by atoms with van der Waals surface area (Å²) in [4.78, 5) is -0.384. The van der Waals surface area contributed by atoms with E-state index in [2.05, 4.69) is 20.7 Å². The number of benzene rings is 1. The SMILES string of the molecule is NCCNS(=O)(=O)c1cccc(Br)c1F. The molecule has 0 saturated heterocycles. The van der Waals surface area contributed by atoms with Crippen LogP contribution in [0, 0.1) is 5.82 Å². The molecule has 0 fully saturated rings. The van der Waals surface area contributed by atoms with E-state index in [4.69, 9.17) is 5.73 Å². The van der Waals surface area contributed by atoms with Gasteiger partial charge in [0, 0.05) is 13.1 Å². The number of nitrogens with one attached hydrogen (secondary N) is 1. The molecule has 1 aromatic carbocycles. The maximum Gasteiger partial charge on any atom is 0.243 e. The van der Waals surface area contributed by atoms with Crippen molar-refractivity contribution in [3.05, 3.63) is 28.5 Å². The molecule has 15 heavy (non-hydrogen) atoms. The van der Waals surface area contributed by atoms with Gasteiger partial charge >= 0.3 is 0 Å². The van der Waals surface area contributed by atoms with E-state index in [1.807, 2.05) is 0 Å². The van der Waals surface area contributed by atoms with Crippen LogP contribution in [0.15, 0.2) is 27.6 Å². The van der Waals surface area contributed by atoms with Gasteiger partial charge in [0.1, 0.15) is 4.90 Å². The Hall–Kier alpha value is -0.500. The van der Waals surface area contributed by atoms with Crippen LogP contribution in [0.25, 0.3) is 0 Å². The van der Waals surface area contributed by atoms with Crippen molar-refractivity contribution in [1.29, 1.82) is 0 Å². The average Bonchev–Trinajstić information content (AvgIpc) is 2.19. The highest BCUT2D eigenvalue weighted by Crippen LogP contribution is 2.21. The molecule has 1 aromatic rings. The number of rotatable bonds is 4. The van der Waals surface area contributed by atoms with Crippen molar-refractivity contribution in [2.45, 2.75) is 4.90 Å². The summed E-state index contributed by atoms with van der Waals surface area (Å²) in [5.74, 6) is -0.804. The van der Waals surface area contributed by atoms with Gasteiger partial charge in [-0.3, -0.25) is 0 Å². The third-order valence-electron chi connectivity index (χ3n) is 1.64. The maximum atomic E-state index is 13.4. The zero-order valence-corrected chi connectivity index (χ0v) is 10.1. The van der Waals surface area contributed by atoms with Crippen molar-refractivity contribution in [2.75, 3.05) is 13.1 Å². The van der Waals surface area contributed by atoms with Crippen LogP contribution in [-0.4, -0.2) is 21.5 Å². The zero-order chi connectivity index (χ0) is 11.5. The molecule has 7 heteroatoms. The molecule has 0 radical (unpaired) electrons. The van der Waals surface area contributed by atoms with Crippen LogP contribution in [0.5, 0.6) is 0 Å². The Bertz CT molecular complexity index is 450. The van der Waals surface area contributed by atoms with Gasteiger partial charge in [-0.15, -0.1) is 0 Å². The third kappa shape index (κ3) is 2.97. The van der Waals surface area contributed by atoms with E-state index < -0.39 is 15.8 Å². The number of nitrogens with two attached hydrogens (primary N) is 1. The first kappa shape index (κ1) is 12.6. The highest BCUT2D eigenvalue weighted by atomic mass is 79.9. The molecule has 4 nitrogen and oxygen atoms in total. The van der Waals surface area contributed by atoms with Gasteiger partial charge in [-0.05, 0) is 28.1 Å². The lowest BCUT2D eigenvalue weighted by atomic mass is 10.3. The Morgan fingerprint density at radius 1 is 1.47 bits per heavy atom. The fourth-order valence-corrected chi connectivity index (χ4v) is 2.61. The van der Waals surface area contributed by atoms with Gasteiger partial charge in [-0.1, -0.05) is 6.07 Å². The van der Waals surface area contributed by atoms with E-state index in [0.717, 1.165) is 0 Å². The van der Waals surface area contributed by atoms with Crippen molar-refractivity contribution >= 4 is 26.0 Å². The van der Waals surface area contributed by atoms with Crippen LogP contribution in [0.2, 0.25) is 0 Å². The summed E-state index contributed by atoms with van der Waals surface area (Å²) in [5.41, 5.74) is 5.15. The molecule has 0 unspecified atom stereocenters. The molecule has 0 aliphatic carbocycles. The van der Waals surface area contributed by atoms with Crippen molar-refractivity contribution < 1.29 is 12.8 Å². The predicted octanol–water partition coefficient (Wildman–Crippen LogP) is 0.825.